The van der Waals surface area contributed by atoms with Crippen LogP contribution in [-0.2, 0) is 4.74 Å². The third-order valence-corrected chi connectivity index (χ3v) is 3.02. The van der Waals surface area contributed by atoms with Crippen LogP contribution in [0.25, 0.3) is 6.08 Å². The third-order valence-electron chi connectivity index (χ3n) is 3.02. The summed E-state index contributed by atoms with van der Waals surface area (Å²) in [5.41, 5.74) is 0.537. The Bertz CT molecular complexity index is 480. The summed E-state index contributed by atoms with van der Waals surface area (Å²) >= 11 is 0. The fourth-order valence-electron chi connectivity index (χ4n) is 2.08. The zero-order valence-electron chi connectivity index (χ0n) is 12.2. The minimum absolute atomic E-state index is 0.226. The summed E-state index contributed by atoms with van der Waals surface area (Å²) < 4.78 is 5.38. The summed E-state index contributed by atoms with van der Waals surface area (Å²) in [7, 11) is 0. The smallest absolute Gasteiger partial charge is 0.410 e. The molecule has 1 saturated heterocycles. The summed E-state index contributed by atoms with van der Waals surface area (Å²) in [6, 6.07) is 0. The fraction of sp³-hybridized carbons (Fsp3) is 0.533. The number of likely N-dealkylation sites (tertiary alicyclic amines) is 1. The number of hydrogen-bond acceptors (Lipinski definition) is 4. The Kier molecular flexibility index (Phi) is 4.37. The zero-order chi connectivity index (χ0) is 14.6. The van der Waals surface area contributed by atoms with E-state index in [4.69, 9.17) is 4.74 Å². The molecule has 0 N–H and O–H groups in total. The standard InChI is InChI=1S/C15H21N3O2/c1-15(2,3)20-14(19)18-7-6-12(10-18)4-5-13-8-16-11-17-9-13/h4-5,8-9,11-12H,6-7,10H2,1-3H3/b5-4+. The van der Waals surface area contributed by atoms with E-state index in [-0.39, 0.29) is 6.09 Å². The highest BCUT2D eigenvalue weighted by molar-refractivity contribution is 5.68. The largest absolute Gasteiger partial charge is 0.444 e. The number of aromatic nitrogens is 2. The Hall–Kier alpha value is -1.91. The molecular formula is C15H21N3O2. The van der Waals surface area contributed by atoms with Gasteiger partial charge in [0.15, 0.2) is 0 Å². The molecule has 1 aromatic heterocycles. The van der Waals surface area contributed by atoms with Gasteiger partial charge in [-0.3, -0.25) is 0 Å². The molecule has 1 aliphatic rings. The Morgan fingerprint density at radius 1 is 1.40 bits per heavy atom. The van der Waals surface area contributed by atoms with E-state index < -0.39 is 5.60 Å². The maximum atomic E-state index is 11.9. The first-order chi connectivity index (χ1) is 9.44. The number of carbonyl (C=O) groups excluding carboxylic acids is 1. The molecule has 108 valence electrons. The Morgan fingerprint density at radius 3 is 2.75 bits per heavy atom. The molecule has 1 fully saturated rings. The first-order valence-electron chi connectivity index (χ1n) is 6.85. The molecule has 5 nitrogen and oxygen atoms in total. The molecule has 0 aromatic carbocycles. The molecule has 1 amide bonds. The predicted molar refractivity (Wildman–Crippen MR) is 77.0 cm³/mol. The highest BCUT2D eigenvalue weighted by Crippen LogP contribution is 2.21. The number of carbonyl (C=O) groups is 1. The molecule has 20 heavy (non-hydrogen) atoms. The molecule has 5 heteroatoms. The van der Waals surface area contributed by atoms with Crippen molar-refractivity contribution in [1.82, 2.24) is 14.9 Å². The van der Waals surface area contributed by atoms with Crippen LogP contribution in [0, 0.1) is 5.92 Å². The van der Waals surface area contributed by atoms with E-state index in [0.717, 1.165) is 18.5 Å². The molecule has 1 atom stereocenters. The number of amides is 1. The fourth-order valence-corrected chi connectivity index (χ4v) is 2.08. The van der Waals surface area contributed by atoms with Crippen molar-refractivity contribution in [2.75, 3.05) is 13.1 Å². The van der Waals surface area contributed by atoms with Crippen LogP contribution in [-0.4, -0.2) is 39.7 Å². The van der Waals surface area contributed by atoms with E-state index in [1.54, 1.807) is 17.3 Å². The van der Waals surface area contributed by atoms with Crippen molar-refractivity contribution in [1.29, 1.82) is 0 Å². The van der Waals surface area contributed by atoms with Gasteiger partial charge in [0.05, 0.1) is 0 Å². The first-order valence-corrected chi connectivity index (χ1v) is 6.85. The van der Waals surface area contributed by atoms with Crippen LogP contribution >= 0.6 is 0 Å². The molecule has 0 saturated carbocycles. The lowest BCUT2D eigenvalue weighted by atomic mass is 10.1. The van der Waals surface area contributed by atoms with Crippen molar-refractivity contribution < 1.29 is 9.53 Å². The van der Waals surface area contributed by atoms with Crippen LogP contribution in [0.4, 0.5) is 4.79 Å². The molecular weight excluding hydrogens is 254 g/mol. The summed E-state index contributed by atoms with van der Waals surface area (Å²) in [5, 5.41) is 0. The minimum atomic E-state index is -0.438. The molecule has 0 spiro atoms. The molecule has 0 radical (unpaired) electrons. The van der Waals surface area contributed by atoms with E-state index >= 15 is 0 Å². The molecule has 1 aromatic rings. The van der Waals surface area contributed by atoms with Gasteiger partial charge < -0.3 is 9.64 Å². The van der Waals surface area contributed by atoms with Crippen molar-refractivity contribution in [3.05, 3.63) is 30.4 Å². The van der Waals surface area contributed by atoms with Crippen molar-refractivity contribution >= 4 is 12.2 Å². The molecule has 1 unspecified atom stereocenters. The zero-order valence-corrected chi connectivity index (χ0v) is 12.2. The number of nitrogens with zero attached hydrogens (tertiary/aromatic N) is 3. The first kappa shape index (κ1) is 14.5. The third kappa shape index (κ3) is 4.33. The van der Waals surface area contributed by atoms with Crippen molar-refractivity contribution in [2.45, 2.75) is 32.8 Å². The van der Waals surface area contributed by atoms with Gasteiger partial charge in [0, 0.05) is 31.0 Å². The molecule has 1 aliphatic heterocycles. The normalized spacial score (nSPS) is 19.6. The van der Waals surface area contributed by atoms with Crippen LogP contribution in [0.1, 0.15) is 32.8 Å². The summed E-state index contributed by atoms with van der Waals surface area (Å²) in [6.45, 7) is 7.10. The lowest BCUT2D eigenvalue weighted by molar-refractivity contribution is 0.0291. The Balaban J connectivity index is 1.86. The molecule has 2 rings (SSSR count). The predicted octanol–water partition coefficient (Wildman–Crippen LogP) is 2.75. The van der Waals surface area contributed by atoms with Gasteiger partial charge in [0.2, 0.25) is 0 Å². The van der Waals surface area contributed by atoms with Gasteiger partial charge >= 0.3 is 6.09 Å². The number of ether oxygens (including phenoxy) is 1. The van der Waals surface area contributed by atoms with E-state index in [1.165, 1.54) is 6.33 Å². The Labute approximate surface area is 119 Å². The topological polar surface area (TPSA) is 55.3 Å². The van der Waals surface area contributed by atoms with Crippen LogP contribution in [0.2, 0.25) is 0 Å². The number of rotatable bonds is 2. The van der Waals surface area contributed by atoms with Gasteiger partial charge in [-0.15, -0.1) is 0 Å². The van der Waals surface area contributed by atoms with Crippen molar-refractivity contribution in [3.8, 4) is 0 Å². The maximum absolute atomic E-state index is 11.9. The van der Waals surface area contributed by atoms with E-state index in [0.29, 0.717) is 12.5 Å². The van der Waals surface area contributed by atoms with Gasteiger partial charge in [-0.2, -0.15) is 0 Å². The Morgan fingerprint density at radius 2 is 2.10 bits per heavy atom. The summed E-state index contributed by atoms with van der Waals surface area (Å²) in [4.78, 5) is 21.6. The van der Waals surface area contributed by atoms with Gasteiger partial charge in [0.25, 0.3) is 0 Å². The highest BCUT2D eigenvalue weighted by Gasteiger charge is 2.28. The number of hydrogen-bond donors (Lipinski definition) is 0. The van der Waals surface area contributed by atoms with Crippen molar-refractivity contribution in [2.24, 2.45) is 5.92 Å². The summed E-state index contributed by atoms with van der Waals surface area (Å²) in [5.74, 6) is 0.364. The minimum Gasteiger partial charge on any atom is -0.444 e. The lowest BCUT2D eigenvalue weighted by Gasteiger charge is -2.24. The van der Waals surface area contributed by atoms with Gasteiger partial charge in [-0.1, -0.05) is 12.2 Å². The maximum Gasteiger partial charge on any atom is 0.410 e. The average Bonchev–Trinajstić information content (AvgIpc) is 2.84. The van der Waals surface area contributed by atoms with Gasteiger partial charge in [-0.25, -0.2) is 14.8 Å². The van der Waals surface area contributed by atoms with Crippen molar-refractivity contribution in [3.63, 3.8) is 0 Å². The van der Waals surface area contributed by atoms with Gasteiger partial charge in [0.1, 0.15) is 11.9 Å². The second-order valence-electron chi connectivity index (χ2n) is 6.01. The molecule has 0 aliphatic carbocycles. The van der Waals surface area contributed by atoms with E-state index in [9.17, 15) is 4.79 Å². The van der Waals surface area contributed by atoms with Crippen LogP contribution in [0.15, 0.2) is 24.8 Å². The highest BCUT2D eigenvalue weighted by atomic mass is 16.6. The lowest BCUT2D eigenvalue weighted by Crippen LogP contribution is -2.35. The van der Waals surface area contributed by atoms with Crippen LogP contribution in [0.3, 0.4) is 0 Å². The average molecular weight is 275 g/mol. The quantitative estimate of drug-likeness (QED) is 0.832. The van der Waals surface area contributed by atoms with Crippen LogP contribution < -0.4 is 0 Å². The van der Waals surface area contributed by atoms with Crippen LogP contribution in [0.5, 0.6) is 0 Å². The van der Waals surface area contributed by atoms with Gasteiger partial charge in [-0.05, 0) is 33.1 Å². The second kappa shape index (κ2) is 6.03. The summed E-state index contributed by atoms with van der Waals surface area (Å²) in [6.07, 6.45) is 9.90. The second-order valence-corrected chi connectivity index (χ2v) is 6.01. The monoisotopic (exact) mass is 275 g/mol. The molecule has 0 bridgehead atoms. The SMILES string of the molecule is CC(C)(C)OC(=O)N1CCC(/C=C/c2cncnc2)C1. The molecule has 2 heterocycles. The van der Waals surface area contributed by atoms with E-state index in [2.05, 4.69) is 16.0 Å². The van der Waals surface area contributed by atoms with E-state index in [1.807, 2.05) is 26.8 Å².